The van der Waals surface area contributed by atoms with Gasteiger partial charge in [-0.15, -0.1) is 0 Å². The standard InChI is InChI=1S/C18H26N2O7S/c1-4-13(22)26-11-18(2,3)16-17(25)20-8-7-12(21)19-9-10-28-15(24)6-5-14(23)27-16/h5-6,16H,4,7-11H2,1-3H3,(H,19,21)(H,20,25)/b6-5+/t16-/m0/s1. The highest BCUT2D eigenvalue weighted by atomic mass is 32.2. The summed E-state index contributed by atoms with van der Waals surface area (Å²) in [6, 6.07) is 0. The molecule has 10 heteroatoms. The highest BCUT2D eigenvalue weighted by Gasteiger charge is 2.39. The van der Waals surface area contributed by atoms with Gasteiger partial charge in [0.05, 0.1) is 0 Å². The summed E-state index contributed by atoms with van der Waals surface area (Å²) in [5.41, 5.74) is -1.03. The number of carbonyl (C=O) groups is 5. The molecule has 28 heavy (non-hydrogen) atoms. The number of hydrogen-bond acceptors (Lipinski definition) is 8. The van der Waals surface area contributed by atoms with Crippen molar-refractivity contribution in [3.8, 4) is 0 Å². The molecule has 0 aliphatic carbocycles. The van der Waals surface area contributed by atoms with Crippen molar-refractivity contribution in [3.05, 3.63) is 12.2 Å². The van der Waals surface area contributed by atoms with E-state index in [-0.39, 0.29) is 37.0 Å². The SMILES string of the molecule is CCC(=O)OCC(C)(C)[C@H]1OC(=O)/C=C/C(=O)SCCNC(=O)CCNC1=O. The van der Waals surface area contributed by atoms with Crippen LogP contribution in [0.15, 0.2) is 12.2 Å². The molecular weight excluding hydrogens is 388 g/mol. The molecule has 1 atom stereocenters. The molecule has 0 spiro atoms. The van der Waals surface area contributed by atoms with Gasteiger partial charge in [-0.2, -0.15) is 0 Å². The van der Waals surface area contributed by atoms with Crippen molar-refractivity contribution in [2.45, 2.75) is 39.7 Å². The van der Waals surface area contributed by atoms with Crippen molar-refractivity contribution >= 4 is 40.6 Å². The normalized spacial score (nSPS) is 21.5. The quantitative estimate of drug-likeness (QED) is 0.630. The summed E-state index contributed by atoms with van der Waals surface area (Å²) in [4.78, 5) is 59.6. The zero-order valence-electron chi connectivity index (χ0n) is 16.2. The van der Waals surface area contributed by atoms with Crippen LogP contribution >= 0.6 is 11.8 Å². The van der Waals surface area contributed by atoms with Crippen LogP contribution in [0.4, 0.5) is 0 Å². The zero-order chi connectivity index (χ0) is 21.2. The fourth-order valence-corrected chi connectivity index (χ4v) is 2.74. The third kappa shape index (κ3) is 8.55. The van der Waals surface area contributed by atoms with E-state index < -0.39 is 29.4 Å². The van der Waals surface area contributed by atoms with Crippen molar-refractivity contribution in [2.75, 3.05) is 25.4 Å². The van der Waals surface area contributed by atoms with Crippen LogP contribution < -0.4 is 10.6 Å². The van der Waals surface area contributed by atoms with Gasteiger partial charge in [0, 0.05) is 43.2 Å². The minimum atomic E-state index is -1.29. The molecule has 0 aromatic heterocycles. The van der Waals surface area contributed by atoms with Gasteiger partial charge in [0.2, 0.25) is 11.0 Å². The summed E-state index contributed by atoms with van der Waals surface area (Å²) < 4.78 is 10.4. The molecule has 1 aliphatic heterocycles. The first-order chi connectivity index (χ1) is 13.2. The van der Waals surface area contributed by atoms with Crippen LogP contribution in [-0.4, -0.2) is 60.4 Å². The second-order valence-electron chi connectivity index (χ2n) is 6.71. The van der Waals surface area contributed by atoms with Crippen molar-refractivity contribution in [1.82, 2.24) is 10.6 Å². The molecule has 0 unspecified atom stereocenters. The summed E-state index contributed by atoms with van der Waals surface area (Å²) in [5.74, 6) is -1.86. The first-order valence-corrected chi connectivity index (χ1v) is 9.89. The van der Waals surface area contributed by atoms with E-state index in [1.54, 1.807) is 20.8 Å². The number of rotatable bonds is 4. The van der Waals surface area contributed by atoms with Gasteiger partial charge < -0.3 is 20.1 Å². The second-order valence-corrected chi connectivity index (χ2v) is 7.81. The van der Waals surface area contributed by atoms with E-state index in [0.29, 0.717) is 12.3 Å². The lowest BCUT2D eigenvalue weighted by molar-refractivity contribution is -0.165. The summed E-state index contributed by atoms with van der Waals surface area (Å²) in [6.45, 7) is 5.05. The molecular formula is C18H26N2O7S. The van der Waals surface area contributed by atoms with Crippen LogP contribution in [0, 0.1) is 5.41 Å². The van der Waals surface area contributed by atoms with E-state index in [9.17, 15) is 24.0 Å². The third-order valence-corrected chi connectivity index (χ3v) is 4.58. The number of esters is 2. The number of carbonyl (C=O) groups excluding carboxylic acids is 5. The molecule has 2 amide bonds. The molecule has 156 valence electrons. The van der Waals surface area contributed by atoms with Crippen LogP contribution in [0.25, 0.3) is 0 Å². The van der Waals surface area contributed by atoms with E-state index in [4.69, 9.17) is 9.47 Å². The molecule has 0 aromatic rings. The number of cyclic esters (lactones) is 1. The Labute approximate surface area is 168 Å². The van der Waals surface area contributed by atoms with Gasteiger partial charge in [0.1, 0.15) is 6.61 Å². The van der Waals surface area contributed by atoms with Gasteiger partial charge in [-0.3, -0.25) is 19.2 Å². The maximum atomic E-state index is 12.6. The van der Waals surface area contributed by atoms with E-state index in [0.717, 1.165) is 23.9 Å². The van der Waals surface area contributed by atoms with Crippen molar-refractivity contribution in [1.29, 1.82) is 0 Å². The number of hydrogen-bond donors (Lipinski definition) is 2. The summed E-state index contributed by atoms with van der Waals surface area (Å²) in [6.07, 6.45) is 0.916. The topological polar surface area (TPSA) is 128 Å². The predicted octanol–water partition coefficient (Wildman–Crippen LogP) is 0.330. The van der Waals surface area contributed by atoms with Gasteiger partial charge in [-0.25, -0.2) is 4.79 Å². The number of thioether (sulfide) groups is 1. The largest absolute Gasteiger partial charge is 0.465 e. The molecule has 2 N–H and O–H groups in total. The lowest BCUT2D eigenvalue weighted by Crippen LogP contribution is -2.49. The first-order valence-electron chi connectivity index (χ1n) is 8.91. The predicted molar refractivity (Wildman–Crippen MR) is 102 cm³/mol. The smallest absolute Gasteiger partial charge is 0.331 e. The lowest BCUT2D eigenvalue weighted by atomic mass is 9.86. The highest BCUT2D eigenvalue weighted by molar-refractivity contribution is 8.14. The number of amides is 2. The molecule has 1 rings (SSSR count). The molecule has 0 saturated carbocycles. The average molecular weight is 414 g/mol. The summed E-state index contributed by atoms with van der Waals surface area (Å²) >= 11 is 0.945. The monoisotopic (exact) mass is 414 g/mol. The molecule has 0 fully saturated rings. The van der Waals surface area contributed by atoms with Crippen LogP contribution in [0.5, 0.6) is 0 Å². The van der Waals surface area contributed by atoms with Crippen LogP contribution in [0.3, 0.4) is 0 Å². The van der Waals surface area contributed by atoms with E-state index in [1.807, 2.05) is 0 Å². The molecule has 9 nitrogen and oxygen atoms in total. The average Bonchev–Trinajstić information content (AvgIpc) is 2.65. The van der Waals surface area contributed by atoms with E-state index in [2.05, 4.69) is 10.6 Å². The van der Waals surface area contributed by atoms with Gasteiger partial charge in [0.15, 0.2) is 6.10 Å². The molecule has 0 aromatic carbocycles. The Bertz CT molecular complexity index is 646. The first kappa shape index (κ1) is 23.7. The molecule has 0 radical (unpaired) electrons. The maximum Gasteiger partial charge on any atom is 0.331 e. The Kier molecular flexibility index (Phi) is 9.70. The van der Waals surface area contributed by atoms with Crippen LogP contribution in [-0.2, 0) is 33.4 Å². The van der Waals surface area contributed by atoms with Gasteiger partial charge >= 0.3 is 11.9 Å². The summed E-state index contributed by atoms with van der Waals surface area (Å²) in [5, 5.41) is 4.81. The summed E-state index contributed by atoms with van der Waals surface area (Å²) in [7, 11) is 0. The fourth-order valence-electron chi connectivity index (χ4n) is 2.17. The Hall–Kier alpha value is -2.36. The Morgan fingerprint density at radius 1 is 1.21 bits per heavy atom. The second kappa shape index (κ2) is 11.5. The highest BCUT2D eigenvalue weighted by Crippen LogP contribution is 2.25. The lowest BCUT2D eigenvalue weighted by Gasteiger charge is -2.31. The Morgan fingerprint density at radius 3 is 2.61 bits per heavy atom. The van der Waals surface area contributed by atoms with Gasteiger partial charge in [-0.1, -0.05) is 32.5 Å². The molecule has 0 saturated heterocycles. The molecule has 0 bridgehead atoms. The van der Waals surface area contributed by atoms with E-state index >= 15 is 0 Å². The van der Waals surface area contributed by atoms with Crippen LogP contribution in [0.2, 0.25) is 0 Å². The van der Waals surface area contributed by atoms with Gasteiger partial charge in [0.25, 0.3) is 5.91 Å². The third-order valence-electron chi connectivity index (χ3n) is 3.75. The van der Waals surface area contributed by atoms with Crippen molar-refractivity contribution in [2.24, 2.45) is 5.41 Å². The van der Waals surface area contributed by atoms with Gasteiger partial charge in [-0.05, 0) is 6.08 Å². The molecule has 1 heterocycles. The Morgan fingerprint density at radius 2 is 1.93 bits per heavy atom. The van der Waals surface area contributed by atoms with E-state index in [1.165, 1.54) is 0 Å². The number of nitrogens with one attached hydrogen (secondary N) is 2. The fraction of sp³-hybridized carbons (Fsp3) is 0.611. The Balaban J connectivity index is 2.97. The maximum absolute atomic E-state index is 12.6. The molecule has 1 aliphatic rings. The minimum absolute atomic E-state index is 0.0362. The minimum Gasteiger partial charge on any atom is -0.465 e. The van der Waals surface area contributed by atoms with Crippen molar-refractivity contribution < 1.29 is 33.4 Å². The van der Waals surface area contributed by atoms with Crippen LogP contribution in [0.1, 0.15) is 33.6 Å². The number of ether oxygens (including phenoxy) is 2. The zero-order valence-corrected chi connectivity index (χ0v) is 17.1. The van der Waals surface area contributed by atoms with Crippen molar-refractivity contribution in [3.63, 3.8) is 0 Å².